The molecule has 0 saturated heterocycles. The molecule has 2 rings (SSSR count). The van der Waals surface area contributed by atoms with E-state index in [4.69, 9.17) is 9.26 Å². The number of ether oxygens (including phenoxy) is 1. The quantitative estimate of drug-likeness (QED) is 0.650. The summed E-state index contributed by atoms with van der Waals surface area (Å²) in [6.45, 7) is 1.89. The van der Waals surface area contributed by atoms with Crippen molar-refractivity contribution in [1.29, 1.82) is 0 Å². The zero-order chi connectivity index (χ0) is 17.8. The van der Waals surface area contributed by atoms with Crippen LogP contribution in [0.5, 0.6) is 5.75 Å². The molecule has 0 saturated carbocycles. The summed E-state index contributed by atoms with van der Waals surface area (Å²) < 4.78 is 60.9. The van der Waals surface area contributed by atoms with Crippen LogP contribution in [0.1, 0.15) is 5.76 Å². The Morgan fingerprint density at radius 3 is 2.38 bits per heavy atom. The van der Waals surface area contributed by atoms with Crippen molar-refractivity contribution in [2.24, 2.45) is 0 Å². The molecule has 2 aromatic rings. The van der Waals surface area contributed by atoms with Crippen LogP contribution in [0.4, 0.5) is 5.82 Å². The topological polar surface area (TPSA) is 128 Å². The van der Waals surface area contributed by atoms with Gasteiger partial charge in [0.25, 0.3) is 10.0 Å². The average Bonchev–Trinajstić information content (AvgIpc) is 2.87. The number of nitrogens with one attached hydrogen (secondary N) is 2. The number of hydrogen-bond donors (Lipinski definition) is 2. The minimum absolute atomic E-state index is 0.0322. The Balaban J connectivity index is 1.95. The average molecular weight is 375 g/mol. The van der Waals surface area contributed by atoms with E-state index in [1.807, 2.05) is 0 Å². The van der Waals surface area contributed by atoms with Crippen molar-refractivity contribution >= 4 is 25.9 Å². The monoisotopic (exact) mass is 375 g/mol. The second-order valence-corrected chi connectivity index (χ2v) is 8.43. The third-order valence-corrected chi connectivity index (χ3v) is 4.84. The predicted octanol–water partition coefficient (Wildman–Crippen LogP) is 0.712. The summed E-state index contributed by atoms with van der Waals surface area (Å²) in [6, 6.07) is 7.15. The fraction of sp³-hybridized carbons (Fsp3) is 0.308. The van der Waals surface area contributed by atoms with Gasteiger partial charge in [0.15, 0.2) is 5.82 Å². The second-order valence-electron chi connectivity index (χ2n) is 4.91. The molecule has 1 heterocycles. The molecule has 0 aliphatic carbocycles. The highest BCUT2D eigenvalue weighted by atomic mass is 32.2. The molecule has 2 N–H and O–H groups in total. The Morgan fingerprint density at radius 1 is 1.17 bits per heavy atom. The molecule has 0 radical (unpaired) electrons. The molecule has 0 unspecified atom stereocenters. The van der Waals surface area contributed by atoms with Crippen molar-refractivity contribution < 1.29 is 26.1 Å². The highest BCUT2D eigenvalue weighted by molar-refractivity contribution is 7.92. The van der Waals surface area contributed by atoms with Crippen molar-refractivity contribution in [2.75, 3.05) is 24.1 Å². The van der Waals surface area contributed by atoms with E-state index in [-0.39, 0.29) is 23.9 Å². The van der Waals surface area contributed by atoms with Crippen LogP contribution in [-0.2, 0) is 20.0 Å². The van der Waals surface area contributed by atoms with E-state index in [1.165, 1.54) is 30.3 Å². The molecule has 0 fully saturated rings. The minimum atomic E-state index is -3.78. The minimum Gasteiger partial charge on any atom is -0.492 e. The smallest absolute Gasteiger partial charge is 0.263 e. The largest absolute Gasteiger partial charge is 0.492 e. The maximum absolute atomic E-state index is 12.2. The number of aryl methyl sites for hydroxylation is 1. The lowest BCUT2D eigenvalue weighted by Gasteiger charge is -2.08. The second kappa shape index (κ2) is 7.20. The third kappa shape index (κ3) is 5.51. The fourth-order valence-electron chi connectivity index (χ4n) is 1.72. The van der Waals surface area contributed by atoms with Crippen molar-refractivity contribution in [2.45, 2.75) is 11.8 Å². The lowest BCUT2D eigenvalue weighted by atomic mass is 10.3. The van der Waals surface area contributed by atoms with Crippen LogP contribution in [-0.4, -0.2) is 41.4 Å². The summed E-state index contributed by atoms with van der Waals surface area (Å²) in [5.41, 5.74) is 0. The first-order valence-electron chi connectivity index (χ1n) is 6.79. The van der Waals surface area contributed by atoms with Gasteiger partial charge in [-0.3, -0.25) is 4.72 Å². The van der Waals surface area contributed by atoms with E-state index < -0.39 is 20.0 Å². The van der Waals surface area contributed by atoms with Gasteiger partial charge in [-0.15, -0.1) is 0 Å². The Kier molecular flexibility index (Phi) is 5.47. The van der Waals surface area contributed by atoms with Crippen molar-refractivity contribution in [3.63, 3.8) is 0 Å². The maximum atomic E-state index is 12.2. The van der Waals surface area contributed by atoms with Crippen LogP contribution in [0, 0.1) is 6.92 Å². The van der Waals surface area contributed by atoms with Crippen LogP contribution in [0.3, 0.4) is 0 Å². The number of benzene rings is 1. The van der Waals surface area contributed by atoms with Gasteiger partial charge in [0.05, 0.1) is 11.2 Å². The number of aromatic nitrogens is 1. The molecule has 1 aromatic carbocycles. The molecule has 24 heavy (non-hydrogen) atoms. The van der Waals surface area contributed by atoms with Gasteiger partial charge in [-0.1, -0.05) is 5.16 Å². The summed E-state index contributed by atoms with van der Waals surface area (Å²) in [6.07, 6.45) is 1.05. The van der Waals surface area contributed by atoms with Gasteiger partial charge in [-0.2, -0.15) is 0 Å². The van der Waals surface area contributed by atoms with Gasteiger partial charge in [-0.25, -0.2) is 21.6 Å². The normalized spacial score (nSPS) is 12.1. The summed E-state index contributed by atoms with van der Waals surface area (Å²) >= 11 is 0. The van der Waals surface area contributed by atoms with Crippen molar-refractivity contribution in [3.05, 3.63) is 36.1 Å². The molecule has 0 atom stereocenters. The molecule has 0 spiro atoms. The Bertz CT molecular complexity index is 888. The molecule has 0 aliphatic heterocycles. The standard InChI is InChI=1S/C13H17N3O6S2/c1-10-9-13(15-22-10)16-24(19,20)12-5-3-11(4-6-12)21-8-7-14-23(2,17)18/h3-6,9,14H,7-8H2,1-2H3,(H,15,16). The lowest BCUT2D eigenvalue weighted by molar-refractivity contribution is 0.322. The van der Waals surface area contributed by atoms with Gasteiger partial charge < -0.3 is 9.26 Å². The Labute approximate surface area is 140 Å². The van der Waals surface area contributed by atoms with E-state index in [2.05, 4.69) is 14.6 Å². The van der Waals surface area contributed by atoms with Crippen LogP contribution in [0.15, 0.2) is 39.8 Å². The predicted molar refractivity (Wildman–Crippen MR) is 86.8 cm³/mol. The number of sulfonamides is 2. The SMILES string of the molecule is Cc1cc(NS(=O)(=O)c2ccc(OCCNS(C)(=O)=O)cc2)no1. The Morgan fingerprint density at radius 2 is 1.83 bits per heavy atom. The van der Waals surface area contributed by atoms with Crippen LogP contribution < -0.4 is 14.2 Å². The zero-order valence-corrected chi connectivity index (χ0v) is 14.6. The molecule has 9 nitrogen and oxygen atoms in total. The molecule has 0 aliphatic rings. The summed E-state index contributed by atoms with van der Waals surface area (Å²) in [4.78, 5) is 0.0322. The van der Waals surface area contributed by atoms with Crippen molar-refractivity contribution in [1.82, 2.24) is 9.88 Å². The van der Waals surface area contributed by atoms with Crippen LogP contribution in [0.2, 0.25) is 0 Å². The van der Waals surface area contributed by atoms with Gasteiger partial charge in [0.2, 0.25) is 10.0 Å². The first-order chi connectivity index (χ1) is 11.2. The molecular weight excluding hydrogens is 358 g/mol. The third-order valence-electron chi connectivity index (χ3n) is 2.74. The summed E-state index contributed by atoms with van der Waals surface area (Å²) in [7, 11) is -7.04. The van der Waals surface area contributed by atoms with E-state index in [1.54, 1.807) is 6.92 Å². The highest BCUT2D eigenvalue weighted by Crippen LogP contribution is 2.19. The zero-order valence-electron chi connectivity index (χ0n) is 13.0. The van der Waals surface area contributed by atoms with Gasteiger partial charge >= 0.3 is 0 Å². The number of hydrogen-bond acceptors (Lipinski definition) is 7. The van der Waals surface area contributed by atoms with Crippen LogP contribution >= 0.6 is 0 Å². The fourth-order valence-corrected chi connectivity index (χ4v) is 3.16. The summed E-state index contributed by atoms with van der Waals surface area (Å²) in [5.74, 6) is 1.00. The number of anilines is 1. The van der Waals surface area contributed by atoms with Crippen LogP contribution in [0.25, 0.3) is 0 Å². The lowest BCUT2D eigenvalue weighted by Crippen LogP contribution is -2.26. The van der Waals surface area contributed by atoms with Gasteiger partial charge in [0.1, 0.15) is 18.1 Å². The highest BCUT2D eigenvalue weighted by Gasteiger charge is 2.16. The number of rotatable bonds is 8. The molecule has 132 valence electrons. The first-order valence-corrected chi connectivity index (χ1v) is 10.2. The molecule has 11 heteroatoms. The Hall–Kier alpha value is -2.11. The van der Waals surface area contributed by atoms with Crippen molar-refractivity contribution in [3.8, 4) is 5.75 Å². The van der Waals surface area contributed by atoms with Gasteiger partial charge in [-0.05, 0) is 31.2 Å². The molecule has 0 bridgehead atoms. The van der Waals surface area contributed by atoms with E-state index >= 15 is 0 Å². The molecular formula is C13H17N3O6S2. The maximum Gasteiger partial charge on any atom is 0.263 e. The summed E-state index contributed by atoms with van der Waals surface area (Å²) in [5, 5.41) is 3.57. The molecule has 0 amide bonds. The molecule has 1 aromatic heterocycles. The van der Waals surface area contributed by atoms with E-state index in [9.17, 15) is 16.8 Å². The first kappa shape index (κ1) is 18.2. The number of nitrogens with zero attached hydrogens (tertiary/aromatic N) is 1. The van der Waals surface area contributed by atoms with E-state index in [0.717, 1.165) is 6.26 Å². The van der Waals surface area contributed by atoms with E-state index in [0.29, 0.717) is 11.5 Å². The van der Waals surface area contributed by atoms with Gasteiger partial charge in [0, 0.05) is 12.6 Å².